The molecule has 0 bridgehead atoms. The van der Waals surface area contributed by atoms with Crippen LogP contribution in [0.25, 0.3) is 0 Å². The van der Waals surface area contributed by atoms with Crippen molar-refractivity contribution in [3.8, 4) is 0 Å². The fourth-order valence-electron chi connectivity index (χ4n) is 2.65. The van der Waals surface area contributed by atoms with Crippen molar-refractivity contribution in [2.75, 3.05) is 4.90 Å². The number of carbonyl (C=O) groups excluding carboxylic acids is 2. The number of rotatable bonds is 3. The molecule has 4 rings (SSSR count). The quantitative estimate of drug-likeness (QED) is 0.542. The highest BCUT2D eigenvalue weighted by Crippen LogP contribution is 2.44. The first-order valence-electron chi connectivity index (χ1n) is 6.66. The second-order valence-corrected chi connectivity index (χ2v) is 6.71. The number of amides is 1. The maximum absolute atomic E-state index is 12.9. The second-order valence-electron chi connectivity index (χ2n) is 4.83. The molecule has 108 valence electrons. The molecule has 1 unspecified atom stereocenters. The van der Waals surface area contributed by atoms with E-state index in [1.165, 1.54) is 22.7 Å². The van der Waals surface area contributed by atoms with Gasteiger partial charge in [-0.05, 0) is 40.6 Å². The Hall–Kier alpha value is -2.31. The molecule has 0 spiro atoms. The largest absolute Gasteiger partial charge is 0.292 e. The molecule has 6 heteroatoms. The Balaban J connectivity index is 1.84. The Morgan fingerprint density at radius 1 is 1.14 bits per heavy atom. The van der Waals surface area contributed by atoms with Crippen LogP contribution in [0.2, 0.25) is 0 Å². The van der Waals surface area contributed by atoms with Crippen molar-refractivity contribution in [3.63, 3.8) is 0 Å². The number of carbonyl (C=O) groups is 2. The number of thiophene rings is 2. The van der Waals surface area contributed by atoms with Gasteiger partial charge in [0.15, 0.2) is 5.78 Å². The number of fused-ring (bicyclic) bond motifs is 1. The van der Waals surface area contributed by atoms with Gasteiger partial charge in [-0.25, -0.2) is 0 Å². The van der Waals surface area contributed by atoms with Crippen LogP contribution >= 0.6 is 22.7 Å². The number of pyridine rings is 1. The van der Waals surface area contributed by atoms with E-state index in [1.54, 1.807) is 29.4 Å². The van der Waals surface area contributed by atoms with Crippen LogP contribution in [0.5, 0.6) is 0 Å². The standard InChI is InChI=1S/C16H10N2O2S2/c19-15(12-3-1-7-21-12)14-10-5-6-17-9-11(10)18(16(14)20)13-4-2-8-22-13/h1-9,14H. The predicted molar refractivity (Wildman–Crippen MR) is 87.1 cm³/mol. The first kappa shape index (κ1) is 13.4. The molecule has 1 aliphatic rings. The fourth-order valence-corrected chi connectivity index (χ4v) is 4.09. The van der Waals surface area contributed by atoms with Gasteiger partial charge in [-0.15, -0.1) is 22.7 Å². The molecular weight excluding hydrogens is 316 g/mol. The van der Waals surface area contributed by atoms with E-state index < -0.39 is 5.92 Å². The van der Waals surface area contributed by atoms with Gasteiger partial charge in [0, 0.05) is 6.20 Å². The molecule has 4 heterocycles. The van der Waals surface area contributed by atoms with E-state index in [2.05, 4.69) is 4.98 Å². The first-order valence-corrected chi connectivity index (χ1v) is 8.42. The minimum absolute atomic E-state index is 0.147. The lowest BCUT2D eigenvalue weighted by Gasteiger charge is -2.14. The normalized spacial score (nSPS) is 16.8. The van der Waals surface area contributed by atoms with E-state index >= 15 is 0 Å². The lowest BCUT2D eigenvalue weighted by atomic mass is 9.96. The molecule has 0 radical (unpaired) electrons. The van der Waals surface area contributed by atoms with Crippen molar-refractivity contribution < 1.29 is 9.59 Å². The summed E-state index contributed by atoms with van der Waals surface area (Å²) >= 11 is 2.83. The molecule has 1 amide bonds. The SMILES string of the molecule is O=C(c1cccs1)C1C(=O)N(c2cccs2)c2cnccc21. The minimum atomic E-state index is -0.779. The Morgan fingerprint density at radius 2 is 1.95 bits per heavy atom. The smallest absolute Gasteiger partial charge is 0.247 e. The number of Topliss-reactive ketones (excluding diaryl/α,β-unsaturated/α-hetero) is 1. The van der Waals surface area contributed by atoms with E-state index in [0.717, 1.165) is 10.6 Å². The van der Waals surface area contributed by atoms with Crippen LogP contribution in [0, 0.1) is 0 Å². The molecule has 1 aliphatic heterocycles. The summed E-state index contributed by atoms with van der Waals surface area (Å²) in [5.74, 6) is -1.13. The van der Waals surface area contributed by atoms with Gasteiger partial charge in [-0.2, -0.15) is 0 Å². The first-order chi connectivity index (χ1) is 10.8. The van der Waals surface area contributed by atoms with Crippen LogP contribution in [0.15, 0.2) is 53.5 Å². The topological polar surface area (TPSA) is 50.3 Å². The number of hydrogen-bond acceptors (Lipinski definition) is 5. The van der Waals surface area contributed by atoms with Crippen LogP contribution < -0.4 is 4.90 Å². The summed E-state index contributed by atoms with van der Waals surface area (Å²) in [5, 5.41) is 4.56. The van der Waals surface area contributed by atoms with E-state index in [-0.39, 0.29) is 11.7 Å². The van der Waals surface area contributed by atoms with Crippen LogP contribution in [-0.2, 0) is 4.79 Å². The third-order valence-electron chi connectivity index (χ3n) is 3.60. The van der Waals surface area contributed by atoms with E-state index in [9.17, 15) is 9.59 Å². The van der Waals surface area contributed by atoms with Gasteiger partial charge < -0.3 is 0 Å². The highest BCUT2D eigenvalue weighted by molar-refractivity contribution is 7.14. The zero-order valence-corrected chi connectivity index (χ0v) is 12.9. The van der Waals surface area contributed by atoms with Gasteiger partial charge in [0.25, 0.3) is 0 Å². The summed E-state index contributed by atoms with van der Waals surface area (Å²) < 4.78 is 0. The minimum Gasteiger partial charge on any atom is -0.292 e. The van der Waals surface area contributed by atoms with Crippen molar-refractivity contribution in [1.82, 2.24) is 4.98 Å². The number of nitrogens with zero attached hydrogens (tertiary/aromatic N) is 2. The van der Waals surface area contributed by atoms with Crippen molar-refractivity contribution in [2.45, 2.75) is 5.92 Å². The fraction of sp³-hybridized carbons (Fsp3) is 0.0625. The summed E-state index contributed by atoms with van der Waals surface area (Å²) in [6, 6.07) is 9.10. The number of hydrogen-bond donors (Lipinski definition) is 0. The van der Waals surface area contributed by atoms with Gasteiger partial charge >= 0.3 is 0 Å². The van der Waals surface area contributed by atoms with Crippen molar-refractivity contribution >= 4 is 45.1 Å². The zero-order chi connectivity index (χ0) is 15.1. The molecule has 3 aromatic rings. The Labute approximate surface area is 134 Å². The van der Waals surface area contributed by atoms with Gasteiger partial charge in [-0.3, -0.25) is 19.5 Å². The van der Waals surface area contributed by atoms with Crippen LogP contribution in [0.1, 0.15) is 21.2 Å². The van der Waals surface area contributed by atoms with Crippen LogP contribution in [0.4, 0.5) is 10.7 Å². The van der Waals surface area contributed by atoms with E-state index in [0.29, 0.717) is 10.6 Å². The Kier molecular flexibility index (Phi) is 3.13. The van der Waals surface area contributed by atoms with Gasteiger partial charge in [0.05, 0.1) is 16.8 Å². The highest BCUT2D eigenvalue weighted by atomic mass is 32.1. The van der Waals surface area contributed by atoms with Gasteiger partial charge in [-0.1, -0.05) is 6.07 Å². The Morgan fingerprint density at radius 3 is 2.68 bits per heavy atom. The summed E-state index contributed by atoms with van der Waals surface area (Å²) in [6.07, 6.45) is 3.27. The molecule has 1 atom stereocenters. The number of ketones is 1. The molecule has 0 N–H and O–H groups in total. The molecule has 22 heavy (non-hydrogen) atoms. The zero-order valence-electron chi connectivity index (χ0n) is 11.3. The summed E-state index contributed by atoms with van der Waals surface area (Å²) in [6.45, 7) is 0. The van der Waals surface area contributed by atoms with E-state index in [4.69, 9.17) is 0 Å². The predicted octanol–water partition coefficient (Wildman–Crippen LogP) is 3.85. The maximum Gasteiger partial charge on any atom is 0.247 e. The average molecular weight is 326 g/mol. The lowest BCUT2D eigenvalue weighted by Crippen LogP contribution is -2.27. The lowest BCUT2D eigenvalue weighted by molar-refractivity contribution is -0.117. The van der Waals surface area contributed by atoms with Crippen molar-refractivity contribution in [3.05, 3.63) is 63.9 Å². The molecule has 3 aromatic heterocycles. The van der Waals surface area contributed by atoms with Gasteiger partial charge in [0.1, 0.15) is 10.9 Å². The molecule has 0 saturated carbocycles. The Bertz CT molecular complexity index is 841. The summed E-state index contributed by atoms with van der Waals surface area (Å²) in [5.41, 5.74) is 1.43. The van der Waals surface area contributed by atoms with Crippen molar-refractivity contribution in [1.29, 1.82) is 0 Å². The van der Waals surface area contributed by atoms with E-state index in [1.807, 2.05) is 29.0 Å². The maximum atomic E-state index is 12.9. The van der Waals surface area contributed by atoms with Crippen LogP contribution in [-0.4, -0.2) is 16.7 Å². The van der Waals surface area contributed by atoms with Crippen molar-refractivity contribution in [2.24, 2.45) is 0 Å². The molecule has 0 saturated heterocycles. The third kappa shape index (κ3) is 1.92. The molecule has 4 nitrogen and oxygen atoms in total. The summed E-state index contributed by atoms with van der Waals surface area (Å²) in [7, 11) is 0. The molecule has 0 fully saturated rings. The average Bonchev–Trinajstić information content (AvgIpc) is 3.26. The molecule has 0 aliphatic carbocycles. The van der Waals surface area contributed by atoms with Crippen LogP contribution in [0.3, 0.4) is 0 Å². The highest BCUT2D eigenvalue weighted by Gasteiger charge is 2.43. The number of anilines is 2. The third-order valence-corrected chi connectivity index (χ3v) is 5.34. The molecular formula is C16H10N2O2S2. The second kappa shape index (κ2) is 5.15. The summed E-state index contributed by atoms with van der Waals surface area (Å²) in [4.78, 5) is 31.9. The van der Waals surface area contributed by atoms with Gasteiger partial charge in [0.2, 0.25) is 5.91 Å². The molecule has 0 aromatic carbocycles. The number of aromatic nitrogens is 1. The monoisotopic (exact) mass is 326 g/mol.